The molecule has 2 aromatic rings. The lowest BCUT2D eigenvalue weighted by atomic mass is 9.85. The van der Waals surface area contributed by atoms with Gasteiger partial charge < -0.3 is 4.74 Å². The van der Waals surface area contributed by atoms with E-state index < -0.39 is 0 Å². The molecule has 0 N–H and O–H groups in total. The highest BCUT2D eigenvalue weighted by Crippen LogP contribution is 2.33. The van der Waals surface area contributed by atoms with E-state index in [1.54, 1.807) is 0 Å². The quantitative estimate of drug-likeness (QED) is 0.690. The Morgan fingerprint density at radius 1 is 0.962 bits per heavy atom. The number of hydrogen-bond acceptors (Lipinski definition) is 2. The first-order chi connectivity index (χ1) is 12.7. The van der Waals surface area contributed by atoms with Crippen LogP contribution in [0.1, 0.15) is 42.7 Å². The summed E-state index contributed by atoms with van der Waals surface area (Å²) in [4.78, 5) is 2.73. The van der Waals surface area contributed by atoms with Crippen molar-refractivity contribution in [3.05, 3.63) is 58.6 Å². The van der Waals surface area contributed by atoms with Gasteiger partial charge in [0.25, 0.3) is 0 Å². The highest BCUT2D eigenvalue weighted by molar-refractivity contribution is 6.30. The number of piperidine rings is 1. The van der Waals surface area contributed by atoms with Gasteiger partial charge in [0, 0.05) is 30.8 Å². The summed E-state index contributed by atoms with van der Waals surface area (Å²) in [5.41, 5.74) is 5.45. The highest BCUT2D eigenvalue weighted by Gasteiger charge is 2.28. The average Bonchev–Trinajstić information content (AvgIpc) is 2.69. The van der Waals surface area contributed by atoms with Gasteiger partial charge in [-0.25, -0.2) is 0 Å². The van der Waals surface area contributed by atoms with E-state index in [0.717, 1.165) is 24.3 Å². The van der Waals surface area contributed by atoms with Crippen LogP contribution in [0.2, 0.25) is 5.02 Å². The summed E-state index contributed by atoms with van der Waals surface area (Å²) < 4.78 is 5.55. The van der Waals surface area contributed by atoms with Gasteiger partial charge in [-0.1, -0.05) is 41.9 Å². The Labute approximate surface area is 162 Å². The predicted molar refractivity (Wildman–Crippen MR) is 109 cm³/mol. The molecule has 4 rings (SSSR count). The van der Waals surface area contributed by atoms with E-state index in [-0.39, 0.29) is 0 Å². The molecule has 0 spiro atoms. The second kappa shape index (κ2) is 8.12. The van der Waals surface area contributed by atoms with Crippen molar-refractivity contribution in [3.63, 3.8) is 0 Å². The van der Waals surface area contributed by atoms with E-state index in [9.17, 15) is 0 Å². The number of hydrogen-bond donors (Lipinski definition) is 0. The number of likely N-dealkylation sites (tertiary alicyclic amines) is 1. The van der Waals surface area contributed by atoms with Gasteiger partial charge in [0.05, 0.1) is 0 Å². The molecule has 0 aromatic heterocycles. The topological polar surface area (TPSA) is 12.5 Å². The lowest BCUT2D eigenvalue weighted by Crippen LogP contribution is -2.44. The van der Waals surface area contributed by atoms with Crippen LogP contribution in [0, 0.1) is 6.92 Å². The normalized spacial score (nSPS) is 22.5. The molecule has 2 aliphatic rings. The molecule has 0 aliphatic carbocycles. The van der Waals surface area contributed by atoms with E-state index in [0.29, 0.717) is 5.92 Å². The van der Waals surface area contributed by atoms with E-state index in [4.69, 9.17) is 16.3 Å². The van der Waals surface area contributed by atoms with Gasteiger partial charge in [0.1, 0.15) is 0 Å². The SMILES string of the molecule is Cc1cc(-c2ccc(Cl)cc2)ccc1C1CCCN(C2CCOCC2)C1. The van der Waals surface area contributed by atoms with Gasteiger partial charge in [-0.3, -0.25) is 4.90 Å². The summed E-state index contributed by atoms with van der Waals surface area (Å²) in [6.07, 6.45) is 5.00. The fourth-order valence-electron chi connectivity index (χ4n) is 4.60. The highest BCUT2D eigenvalue weighted by atomic mass is 35.5. The molecule has 0 amide bonds. The van der Waals surface area contributed by atoms with Crippen LogP contribution in [0.3, 0.4) is 0 Å². The van der Waals surface area contributed by atoms with Crippen molar-refractivity contribution in [1.82, 2.24) is 4.90 Å². The predicted octanol–water partition coefficient (Wildman–Crippen LogP) is 5.67. The van der Waals surface area contributed by atoms with Crippen molar-refractivity contribution in [2.24, 2.45) is 0 Å². The average molecular weight is 370 g/mol. The van der Waals surface area contributed by atoms with Gasteiger partial charge in [0.15, 0.2) is 0 Å². The molecule has 2 heterocycles. The molecule has 1 unspecified atom stereocenters. The maximum absolute atomic E-state index is 6.02. The summed E-state index contributed by atoms with van der Waals surface area (Å²) in [7, 11) is 0. The Balaban J connectivity index is 1.50. The molecule has 0 bridgehead atoms. The molecule has 0 radical (unpaired) electrons. The first kappa shape index (κ1) is 18.0. The minimum Gasteiger partial charge on any atom is -0.381 e. The summed E-state index contributed by atoms with van der Waals surface area (Å²) in [6, 6.07) is 15.8. The second-order valence-corrected chi connectivity index (χ2v) is 8.19. The van der Waals surface area contributed by atoms with Crippen molar-refractivity contribution in [2.75, 3.05) is 26.3 Å². The second-order valence-electron chi connectivity index (χ2n) is 7.76. The summed E-state index contributed by atoms with van der Waals surface area (Å²) in [6.45, 7) is 6.58. The molecule has 3 heteroatoms. The third-order valence-corrected chi connectivity index (χ3v) is 6.30. The van der Waals surface area contributed by atoms with E-state index in [1.807, 2.05) is 12.1 Å². The Kier molecular flexibility index (Phi) is 5.63. The third-order valence-electron chi connectivity index (χ3n) is 6.05. The molecule has 2 fully saturated rings. The van der Waals surface area contributed by atoms with Crippen LogP contribution in [0.5, 0.6) is 0 Å². The summed E-state index contributed by atoms with van der Waals surface area (Å²) in [5, 5.41) is 0.789. The Bertz CT molecular complexity index is 736. The smallest absolute Gasteiger partial charge is 0.0480 e. The molecular formula is C23H28ClNO. The van der Waals surface area contributed by atoms with Crippen LogP contribution in [-0.4, -0.2) is 37.2 Å². The first-order valence-corrected chi connectivity index (χ1v) is 10.3. The number of aryl methyl sites for hydroxylation is 1. The molecule has 138 valence electrons. The monoisotopic (exact) mass is 369 g/mol. The zero-order valence-corrected chi connectivity index (χ0v) is 16.3. The zero-order valence-electron chi connectivity index (χ0n) is 15.6. The van der Waals surface area contributed by atoms with Crippen molar-refractivity contribution in [1.29, 1.82) is 0 Å². The van der Waals surface area contributed by atoms with Gasteiger partial charge in [-0.15, -0.1) is 0 Å². The number of halogens is 1. The van der Waals surface area contributed by atoms with Crippen LogP contribution in [0.15, 0.2) is 42.5 Å². The van der Waals surface area contributed by atoms with Gasteiger partial charge in [-0.2, -0.15) is 0 Å². The van der Waals surface area contributed by atoms with Crippen molar-refractivity contribution in [2.45, 2.75) is 44.6 Å². The van der Waals surface area contributed by atoms with Crippen molar-refractivity contribution in [3.8, 4) is 11.1 Å². The number of nitrogens with zero attached hydrogens (tertiary/aromatic N) is 1. The largest absolute Gasteiger partial charge is 0.381 e. The van der Waals surface area contributed by atoms with Crippen LogP contribution in [0.4, 0.5) is 0 Å². The Hall–Kier alpha value is -1.35. The minimum absolute atomic E-state index is 0.658. The van der Waals surface area contributed by atoms with Gasteiger partial charge in [0.2, 0.25) is 0 Å². The Morgan fingerprint density at radius 3 is 2.42 bits per heavy atom. The van der Waals surface area contributed by atoms with Crippen molar-refractivity contribution < 1.29 is 4.74 Å². The molecule has 0 saturated carbocycles. The molecular weight excluding hydrogens is 342 g/mol. The van der Waals surface area contributed by atoms with Crippen LogP contribution < -0.4 is 0 Å². The third kappa shape index (κ3) is 3.98. The number of rotatable bonds is 3. The standard InChI is InChI=1S/C23H28ClNO/c1-17-15-19(18-4-7-21(24)8-5-18)6-9-23(17)20-3-2-12-25(16-20)22-10-13-26-14-11-22/h4-9,15,20,22H,2-3,10-14,16H2,1H3. The molecule has 2 aromatic carbocycles. The first-order valence-electron chi connectivity index (χ1n) is 9.89. The van der Waals surface area contributed by atoms with Crippen LogP contribution in [-0.2, 0) is 4.74 Å². The number of benzene rings is 2. The molecule has 2 saturated heterocycles. The Morgan fingerprint density at radius 2 is 1.69 bits per heavy atom. The maximum Gasteiger partial charge on any atom is 0.0480 e. The maximum atomic E-state index is 6.02. The molecule has 1 atom stereocenters. The zero-order chi connectivity index (χ0) is 17.9. The molecule has 2 aliphatic heterocycles. The van der Waals surface area contributed by atoms with Crippen LogP contribution >= 0.6 is 11.6 Å². The lowest BCUT2D eigenvalue weighted by Gasteiger charge is -2.40. The fraction of sp³-hybridized carbons (Fsp3) is 0.478. The number of ether oxygens (including phenoxy) is 1. The van der Waals surface area contributed by atoms with Gasteiger partial charge >= 0.3 is 0 Å². The van der Waals surface area contributed by atoms with Gasteiger partial charge in [-0.05, 0) is 79.5 Å². The van der Waals surface area contributed by atoms with Crippen LogP contribution in [0.25, 0.3) is 11.1 Å². The summed E-state index contributed by atoms with van der Waals surface area (Å²) in [5.74, 6) is 0.658. The van der Waals surface area contributed by atoms with E-state index in [2.05, 4.69) is 42.2 Å². The molecule has 26 heavy (non-hydrogen) atoms. The lowest BCUT2D eigenvalue weighted by molar-refractivity contribution is 0.0239. The molecule has 2 nitrogen and oxygen atoms in total. The fourth-order valence-corrected chi connectivity index (χ4v) is 4.72. The summed E-state index contributed by atoms with van der Waals surface area (Å²) >= 11 is 6.02. The van der Waals surface area contributed by atoms with E-state index >= 15 is 0 Å². The minimum atomic E-state index is 0.658. The van der Waals surface area contributed by atoms with E-state index in [1.165, 1.54) is 61.0 Å². The van der Waals surface area contributed by atoms with Crippen molar-refractivity contribution >= 4 is 11.6 Å².